The highest BCUT2D eigenvalue weighted by atomic mass is 35.5. The quantitative estimate of drug-likeness (QED) is 0.869. The zero-order chi connectivity index (χ0) is 13.9. The summed E-state index contributed by atoms with van der Waals surface area (Å²) in [6.07, 6.45) is 1.69. The largest absolute Gasteiger partial charge is 0.350 e. The van der Waals surface area contributed by atoms with Crippen molar-refractivity contribution in [1.82, 2.24) is 10.3 Å². The molecule has 1 amide bonds. The molecule has 1 aromatic carbocycles. The highest BCUT2D eigenvalue weighted by Crippen LogP contribution is 2.19. The number of benzene rings is 1. The van der Waals surface area contributed by atoms with E-state index in [0.29, 0.717) is 12.1 Å². The van der Waals surface area contributed by atoms with Crippen LogP contribution in [0, 0.1) is 0 Å². The summed E-state index contributed by atoms with van der Waals surface area (Å²) in [7, 11) is 0. The van der Waals surface area contributed by atoms with Gasteiger partial charge in [-0.2, -0.15) is 0 Å². The molecule has 0 spiro atoms. The molecule has 0 bridgehead atoms. The fourth-order valence-electron chi connectivity index (χ4n) is 1.85. The van der Waals surface area contributed by atoms with Gasteiger partial charge >= 0.3 is 0 Å². The summed E-state index contributed by atoms with van der Waals surface area (Å²) in [5, 5.41) is 2.92. The Morgan fingerprint density at radius 2 is 2.00 bits per heavy atom. The summed E-state index contributed by atoms with van der Waals surface area (Å²) in [5.41, 5.74) is 9.23. The summed E-state index contributed by atoms with van der Waals surface area (Å²) in [6.45, 7) is 4.58. The molecule has 1 aromatic heterocycles. The van der Waals surface area contributed by atoms with Crippen LogP contribution in [0.15, 0.2) is 23.7 Å². The predicted octanol–water partition coefficient (Wildman–Crippen LogP) is 3.39. The van der Waals surface area contributed by atoms with Crippen LogP contribution >= 0.6 is 36.2 Å². The number of halogens is 2. The van der Waals surface area contributed by atoms with E-state index < -0.39 is 0 Å². The van der Waals surface area contributed by atoms with Crippen molar-refractivity contribution in [2.24, 2.45) is 5.73 Å². The molecule has 7 heteroatoms. The third kappa shape index (κ3) is 4.81. The van der Waals surface area contributed by atoms with Gasteiger partial charge in [-0.05, 0) is 31.0 Å². The van der Waals surface area contributed by atoms with E-state index in [4.69, 9.17) is 5.73 Å². The van der Waals surface area contributed by atoms with Gasteiger partial charge in [0.2, 0.25) is 0 Å². The van der Waals surface area contributed by atoms with Crippen molar-refractivity contribution in [2.45, 2.75) is 32.2 Å². The van der Waals surface area contributed by atoms with Crippen molar-refractivity contribution in [1.29, 1.82) is 0 Å². The minimum atomic E-state index is -0.315. The molecule has 0 unspecified atom stereocenters. The van der Waals surface area contributed by atoms with Crippen LogP contribution in [0.2, 0.25) is 0 Å². The van der Waals surface area contributed by atoms with Crippen LogP contribution in [0.3, 0.4) is 0 Å². The summed E-state index contributed by atoms with van der Waals surface area (Å²) < 4.78 is 1.03. The fraction of sp³-hybridized carbons (Fsp3) is 0.429. The lowest BCUT2D eigenvalue weighted by Crippen LogP contribution is -2.49. The molecule has 2 aromatic rings. The zero-order valence-electron chi connectivity index (χ0n) is 12.1. The van der Waals surface area contributed by atoms with Gasteiger partial charge in [0.25, 0.3) is 5.91 Å². The molecule has 21 heavy (non-hydrogen) atoms. The SMILES string of the molecule is CCC(N)(CC)CNC(=O)c1ccc2ncsc2c1.Cl.Cl. The second-order valence-electron chi connectivity index (χ2n) is 4.79. The van der Waals surface area contributed by atoms with Crippen LogP contribution in [0.25, 0.3) is 10.2 Å². The van der Waals surface area contributed by atoms with Gasteiger partial charge in [-0.1, -0.05) is 13.8 Å². The number of hydrogen-bond donors (Lipinski definition) is 2. The Bertz CT molecular complexity index is 584. The van der Waals surface area contributed by atoms with Gasteiger partial charge in [-0.3, -0.25) is 4.79 Å². The molecule has 0 atom stereocenters. The van der Waals surface area contributed by atoms with Gasteiger partial charge in [-0.15, -0.1) is 36.2 Å². The lowest BCUT2D eigenvalue weighted by Gasteiger charge is -2.26. The first-order valence-electron chi connectivity index (χ1n) is 6.48. The number of carbonyl (C=O) groups excluding carboxylic acids is 1. The average Bonchev–Trinajstić information content (AvgIpc) is 2.91. The third-order valence-corrected chi connectivity index (χ3v) is 4.39. The standard InChI is InChI=1S/C14H19N3OS.2ClH/c1-3-14(15,4-2)8-16-13(18)10-5-6-11-12(7-10)19-9-17-11;;/h5-7,9H,3-4,8,15H2,1-2H3,(H,16,18);2*1H. The van der Waals surface area contributed by atoms with Crippen molar-refractivity contribution in [3.8, 4) is 0 Å². The highest BCUT2D eigenvalue weighted by molar-refractivity contribution is 7.16. The fourth-order valence-corrected chi connectivity index (χ4v) is 2.57. The molecule has 0 aliphatic heterocycles. The van der Waals surface area contributed by atoms with Crippen molar-refractivity contribution in [2.75, 3.05) is 6.54 Å². The molecule has 2 rings (SSSR count). The van der Waals surface area contributed by atoms with Crippen molar-refractivity contribution in [3.63, 3.8) is 0 Å². The number of thiazole rings is 1. The van der Waals surface area contributed by atoms with Crippen LogP contribution in [0.5, 0.6) is 0 Å². The summed E-state index contributed by atoms with van der Waals surface area (Å²) >= 11 is 1.54. The Labute approximate surface area is 141 Å². The van der Waals surface area contributed by atoms with E-state index in [2.05, 4.69) is 10.3 Å². The predicted molar refractivity (Wildman–Crippen MR) is 93.9 cm³/mol. The number of aromatic nitrogens is 1. The smallest absolute Gasteiger partial charge is 0.251 e. The first kappa shape index (κ1) is 20.1. The lowest BCUT2D eigenvalue weighted by atomic mass is 9.94. The number of nitrogens with one attached hydrogen (secondary N) is 1. The second-order valence-corrected chi connectivity index (χ2v) is 5.67. The number of nitrogens with two attached hydrogens (primary N) is 1. The number of carbonyl (C=O) groups is 1. The molecular formula is C14H21Cl2N3OS. The Balaban J connectivity index is 0.00000200. The van der Waals surface area contributed by atoms with E-state index in [9.17, 15) is 4.79 Å². The topological polar surface area (TPSA) is 68.0 Å². The number of fused-ring (bicyclic) bond motifs is 1. The molecule has 0 aliphatic rings. The van der Waals surface area contributed by atoms with Gasteiger partial charge < -0.3 is 11.1 Å². The Hall–Kier alpha value is -0.880. The number of amides is 1. The molecule has 0 saturated carbocycles. The maximum Gasteiger partial charge on any atom is 0.251 e. The Morgan fingerprint density at radius 3 is 2.62 bits per heavy atom. The molecule has 0 saturated heterocycles. The summed E-state index contributed by atoms with van der Waals surface area (Å²) in [6, 6.07) is 5.54. The van der Waals surface area contributed by atoms with E-state index in [0.717, 1.165) is 23.1 Å². The van der Waals surface area contributed by atoms with Gasteiger partial charge in [0.05, 0.1) is 15.7 Å². The van der Waals surface area contributed by atoms with Gasteiger partial charge in [0.15, 0.2) is 0 Å². The van der Waals surface area contributed by atoms with E-state index >= 15 is 0 Å². The van der Waals surface area contributed by atoms with Crippen molar-refractivity contribution in [3.05, 3.63) is 29.3 Å². The van der Waals surface area contributed by atoms with Gasteiger partial charge in [0, 0.05) is 17.6 Å². The average molecular weight is 350 g/mol. The van der Waals surface area contributed by atoms with Crippen LogP contribution in [0.1, 0.15) is 37.0 Å². The van der Waals surface area contributed by atoms with Crippen molar-refractivity contribution < 1.29 is 4.79 Å². The minimum absolute atomic E-state index is 0. The number of hydrogen-bond acceptors (Lipinski definition) is 4. The Kier molecular flexibility index (Phi) is 8.18. The van der Waals surface area contributed by atoms with E-state index in [-0.39, 0.29) is 36.3 Å². The molecule has 118 valence electrons. The van der Waals surface area contributed by atoms with Crippen LogP contribution in [-0.4, -0.2) is 23.0 Å². The van der Waals surface area contributed by atoms with Gasteiger partial charge in [0.1, 0.15) is 0 Å². The maximum absolute atomic E-state index is 12.1. The molecular weight excluding hydrogens is 329 g/mol. The van der Waals surface area contributed by atoms with Gasteiger partial charge in [-0.25, -0.2) is 4.98 Å². The van der Waals surface area contributed by atoms with E-state index in [1.54, 1.807) is 11.6 Å². The van der Waals surface area contributed by atoms with Crippen molar-refractivity contribution >= 4 is 52.3 Å². The molecule has 4 nitrogen and oxygen atoms in total. The normalized spacial score (nSPS) is 10.6. The maximum atomic E-state index is 12.1. The summed E-state index contributed by atoms with van der Waals surface area (Å²) in [5.74, 6) is -0.0768. The molecule has 1 heterocycles. The molecule has 3 N–H and O–H groups in total. The Morgan fingerprint density at radius 1 is 1.33 bits per heavy atom. The lowest BCUT2D eigenvalue weighted by molar-refractivity contribution is 0.0942. The minimum Gasteiger partial charge on any atom is -0.350 e. The third-order valence-electron chi connectivity index (χ3n) is 3.60. The molecule has 0 fully saturated rings. The zero-order valence-corrected chi connectivity index (χ0v) is 14.5. The van der Waals surface area contributed by atoms with E-state index in [1.807, 2.05) is 26.0 Å². The second kappa shape index (κ2) is 8.54. The monoisotopic (exact) mass is 349 g/mol. The summed E-state index contributed by atoms with van der Waals surface area (Å²) in [4.78, 5) is 16.3. The first-order chi connectivity index (χ1) is 9.08. The number of rotatable bonds is 5. The highest BCUT2D eigenvalue weighted by Gasteiger charge is 2.21. The van der Waals surface area contributed by atoms with Crippen LogP contribution in [-0.2, 0) is 0 Å². The molecule has 0 radical (unpaired) electrons. The van der Waals surface area contributed by atoms with Crippen LogP contribution < -0.4 is 11.1 Å². The van der Waals surface area contributed by atoms with Crippen LogP contribution in [0.4, 0.5) is 0 Å². The van der Waals surface area contributed by atoms with E-state index in [1.165, 1.54) is 11.3 Å². The molecule has 0 aliphatic carbocycles. The number of nitrogens with zero attached hydrogens (tertiary/aromatic N) is 1. The first-order valence-corrected chi connectivity index (χ1v) is 7.36.